The molecule has 6 nitrogen and oxygen atoms in total. The minimum atomic E-state index is -0.382. The number of esters is 2. The van der Waals surface area contributed by atoms with Crippen LogP contribution in [0.25, 0.3) is 0 Å². The summed E-state index contributed by atoms with van der Waals surface area (Å²) in [6.45, 7) is 9.74. The Balaban J connectivity index is 2.88. The highest BCUT2D eigenvalue weighted by Crippen LogP contribution is 2.25. The van der Waals surface area contributed by atoms with Crippen molar-refractivity contribution in [3.05, 3.63) is 47.3 Å². The molecule has 0 aromatic heterocycles. The lowest BCUT2D eigenvalue weighted by Gasteiger charge is -2.15. The van der Waals surface area contributed by atoms with Crippen molar-refractivity contribution in [2.75, 3.05) is 23.8 Å². The fourth-order valence-corrected chi connectivity index (χ4v) is 2.12. The van der Waals surface area contributed by atoms with Gasteiger partial charge in [-0.2, -0.15) is 0 Å². The zero-order valence-corrected chi connectivity index (χ0v) is 15.4. The van der Waals surface area contributed by atoms with Crippen molar-refractivity contribution in [2.45, 2.75) is 34.6 Å². The Labute approximate surface area is 148 Å². The third kappa shape index (κ3) is 7.12. The van der Waals surface area contributed by atoms with E-state index in [2.05, 4.69) is 10.6 Å². The van der Waals surface area contributed by atoms with Gasteiger partial charge < -0.3 is 20.1 Å². The Hall–Kier alpha value is -2.76. The van der Waals surface area contributed by atoms with Gasteiger partial charge in [0.15, 0.2) is 0 Å². The number of hydrogen-bond acceptors (Lipinski definition) is 6. The molecule has 0 aliphatic carbocycles. The van der Waals surface area contributed by atoms with Crippen LogP contribution in [0.1, 0.15) is 33.3 Å². The molecule has 0 radical (unpaired) electrons. The van der Waals surface area contributed by atoms with Crippen molar-refractivity contribution >= 4 is 23.3 Å². The summed E-state index contributed by atoms with van der Waals surface area (Å²) < 4.78 is 9.79. The van der Waals surface area contributed by atoms with E-state index < -0.39 is 0 Å². The topological polar surface area (TPSA) is 76.7 Å². The summed E-state index contributed by atoms with van der Waals surface area (Å²) >= 11 is 0. The van der Waals surface area contributed by atoms with E-state index in [0.29, 0.717) is 24.6 Å². The average molecular weight is 346 g/mol. The second-order valence-electron chi connectivity index (χ2n) is 5.39. The Morgan fingerprint density at radius 2 is 1.32 bits per heavy atom. The van der Waals surface area contributed by atoms with Crippen LogP contribution in [0, 0.1) is 6.92 Å². The van der Waals surface area contributed by atoms with E-state index in [-0.39, 0.29) is 11.9 Å². The van der Waals surface area contributed by atoms with Crippen molar-refractivity contribution in [2.24, 2.45) is 0 Å². The van der Waals surface area contributed by atoms with Crippen LogP contribution in [0.4, 0.5) is 11.4 Å². The fraction of sp³-hybridized carbons (Fsp3) is 0.368. The predicted molar refractivity (Wildman–Crippen MR) is 99.2 cm³/mol. The lowest BCUT2D eigenvalue weighted by molar-refractivity contribution is -0.138. The third-order valence-electron chi connectivity index (χ3n) is 3.24. The molecule has 0 unspecified atom stereocenters. The van der Waals surface area contributed by atoms with Crippen LogP contribution in [0.5, 0.6) is 0 Å². The molecule has 1 aromatic carbocycles. The molecule has 2 N–H and O–H groups in total. The van der Waals surface area contributed by atoms with Gasteiger partial charge in [-0.25, -0.2) is 9.59 Å². The molecule has 0 saturated carbocycles. The zero-order valence-electron chi connectivity index (χ0n) is 15.4. The van der Waals surface area contributed by atoms with Gasteiger partial charge in [-0.1, -0.05) is 6.07 Å². The normalized spacial score (nSPS) is 11.7. The SMILES string of the molecule is CCOC(=O)/C=C(/C)Nc1cccc(N/C(C)=C\C(=O)OCC)c1C. The van der Waals surface area contributed by atoms with Crippen LogP contribution in [0.15, 0.2) is 41.7 Å². The van der Waals surface area contributed by atoms with Crippen LogP contribution in [-0.2, 0) is 19.1 Å². The minimum absolute atomic E-state index is 0.340. The summed E-state index contributed by atoms with van der Waals surface area (Å²) in [4.78, 5) is 23.0. The smallest absolute Gasteiger partial charge is 0.332 e. The number of anilines is 2. The Morgan fingerprint density at radius 3 is 1.68 bits per heavy atom. The number of hydrogen-bond donors (Lipinski definition) is 2. The number of ether oxygens (including phenoxy) is 2. The molecule has 0 spiro atoms. The summed E-state index contributed by atoms with van der Waals surface area (Å²) in [5.74, 6) is -0.764. The van der Waals surface area contributed by atoms with E-state index in [4.69, 9.17) is 9.47 Å². The second-order valence-corrected chi connectivity index (χ2v) is 5.39. The number of rotatable bonds is 8. The van der Waals surface area contributed by atoms with E-state index in [1.54, 1.807) is 27.7 Å². The van der Waals surface area contributed by atoms with Crippen molar-refractivity contribution in [3.63, 3.8) is 0 Å². The second kappa shape index (κ2) is 10.2. The van der Waals surface area contributed by atoms with E-state index >= 15 is 0 Å². The van der Waals surface area contributed by atoms with Crippen LogP contribution in [0.2, 0.25) is 0 Å². The molecule has 6 heteroatoms. The van der Waals surface area contributed by atoms with Gasteiger partial charge >= 0.3 is 11.9 Å². The largest absolute Gasteiger partial charge is 0.463 e. The summed E-state index contributed by atoms with van der Waals surface area (Å²) in [6, 6.07) is 5.70. The van der Waals surface area contributed by atoms with Gasteiger partial charge in [0, 0.05) is 34.9 Å². The van der Waals surface area contributed by atoms with E-state index in [0.717, 1.165) is 16.9 Å². The first-order valence-electron chi connectivity index (χ1n) is 8.21. The van der Waals surface area contributed by atoms with Crippen LogP contribution in [0.3, 0.4) is 0 Å². The maximum Gasteiger partial charge on any atom is 0.332 e. The molecule has 0 aliphatic heterocycles. The van der Waals surface area contributed by atoms with Crippen molar-refractivity contribution in [1.82, 2.24) is 0 Å². The van der Waals surface area contributed by atoms with E-state index in [1.165, 1.54) is 12.2 Å². The Bertz CT molecular complexity index is 624. The van der Waals surface area contributed by atoms with Gasteiger partial charge in [0.1, 0.15) is 0 Å². The van der Waals surface area contributed by atoms with Crippen LogP contribution < -0.4 is 10.6 Å². The first kappa shape index (κ1) is 20.3. The first-order chi connectivity index (χ1) is 11.9. The quantitative estimate of drug-likeness (QED) is 0.551. The molecule has 0 atom stereocenters. The Morgan fingerprint density at radius 1 is 0.920 bits per heavy atom. The number of nitrogens with one attached hydrogen (secondary N) is 2. The molecule has 1 aromatic rings. The molecule has 0 bridgehead atoms. The molecule has 0 heterocycles. The summed E-state index contributed by atoms with van der Waals surface area (Å²) in [7, 11) is 0. The van der Waals surface area contributed by atoms with Gasteiger partial charge in [0.25, 0.3) is 0 Å². The fourth-order valence-electron chi connectivity index (χ4n) is 2.12. The third-order valence-corrected chi connectivity index (χ3v) is 3.24. The summed E-state index contributed by atoms with van der Waals surface area (Å²) in [6.07, 6.45) is 2.82. The molecule has 0 aliphatic rings. The Kier molecular flexibility index (Phi) is 8.26. The van der Waals surface area contributed by atoms with Crippen LogP contribution >= 0.6 is 0 Å². The highest BCUT2D eigenvalue weighted by Gasteiger charge is 2.06. The lowest BCUT2D eigenvalue weighted by Crippen LogP contribution is -2.07. The number of allylic oxidation sites excluding steroid dienone is 2. The molecule has 0 amide bonds. The van der Waals surface area contributed by atoms with E-state index in [1.807, 2.05) is 25.1 Å². The average Bonchev–Trinajstić information content (AvgIpc) is 2.51. The number of benzene rings is 1. The lowest BCUT2D eigenvalue weighted by atomic mass is 10.1. The minimum Gasteiger partial charge on any atom is -0.463 e. The van der Waals surface area contributed by atoms with Crippen molar-refractivity contribution in [1.29, 1.82) is 0 Å². The van der Waals surface area contributed by atoms with Gasteiger partial charge in [0.2, 0.25) is 0 Å². The molecule has 0 fully saturated rings. The molecule has 136 valence electrons. The predicted octanol–water partition coefficient (Wildman–Crippen LogP) is 3.75. The molecular weight excluding hydrogens is 320 g/mol. The van der Waals surface area contributed by atoms with Crippen LogP contribution in [-0.4, -0.2) is 25.2 Å². The zero-order chi connectivity index (χ0) is 18.8. The van der Waals surface area contributed by atoms with E-state index in [9.17, 15) is 9.59 Å². The standard InChI is InChI=1S/C19H26N2O4/c1-6-24-18(22)11-13(3)20-16-9-8-10-17(15(16)5)21-14(4)12-19(23)25-7-2/h8-12,20-21H,6-7H2,1-5H3/b13-11-,14-12-. The summed E-state index contributed by atoms with van der Waals surface area (Å²) in [5, 5.41) is 6.37. The summed E-state index contributed by atoms with van der Waals surface area (Å²) in [5.41, 5.74) is 4.02. The molecule has 25 heavy (non-hydrogen) atoms. The van der Waals surface area contributed by atoms with Crippen molar-refractivity contribution < 1.29 is 19.1 Å². The monoisotopic (exact) mass is 346 g/mol. The maximum atomic E-state index is 11.5. The van der Waals surface area contributed by atoms with Gasteiger partial charge in [0.05, 0.1) is 13.2 Å². The highest BCUT2D eigenvalue weighted by atomic mass is 16.5. The molecule has 0 saturated heterocycles. The van der Waals surface area contributed by atoms with Crippen molar-refractivity contribution in [3.8, 4) is 0 Å². The van der Waals surface area contributed by atoms with Gasteiger partial charge in [-0.15, -0.1) is 0 Å². The highest BCUT2D eigenvalue weighted by molar-refractivity contribution is 5.84. The molecule has 1 rings (SSSR count). The number of carbonyl (C=O) groups is 2. The van der Waals surface area contributed by atoms with Gasteiger partial charge in [-0.05, 0) is 52.3 Å². The first-order valence-corrected chi connectivity index (χ1v) is 8.21. The van der Waals surface area contributed by atoms with Gasteiger partial charge in [-0.3, -0.25) is 0 Å². The molecular formula is C19H26N2O4. The maximum absolute atomic E-state index is 11.5. The number of carbonyl (C=O) groups excluding carboxylic acids is 2.